The third kappa shape index (κ3) is 5.60. The van der Waals surface area contributed by atoms with Crippen molar-refractivity contribution in [2.75, 3.05) is 43.5 Å². The molecular formula is C25H25F2N7O3S. The lowest BCUT2D eigenvalue weighted by Crippen LogP contribution is -2.37. The van der Waals surface area contributed by atoms with Crippen LogP contribution in [0.1, 0.15) is 18.2 Å². The number of nitrogen functional groups attached to an aromatic ring is 1. The van der Waals surface area contributed by atoms with E-state index in [1.54, 1.807) is 36.5 Å². The van der Waals surface area contributed by atoms with Crippen LogP contribution in [0.15, 0.2) is 48.7 Å². The van der Waals surface area contributed by atoms with Gasteiger partial charge in [0.15, 0.2) is 11.6 Å². The number of nitrogens with two attached hydrogens (primary N) is 1. The van der Waals surface area contributed by atoms with Crippen LogP contribution in [0, 0.1) is 5.82 Å². The lowest BCUT2D eigenvalue weighted by atomic mass is 10.0. The maximum atomic E-state index is 15.5. The number of hydrogen-bond acceptors (Lipinski definition) is 8. The molecule has 1 fully saturated rings. The molecule has 4 N–H and O–H groups in total. The predicted molar refractivity (Wildman–Crippen MR) is 141 cm³/mol. The number of morpholine rings is 1. The monoisotopic (exact) mass is 541 g/mol. The minimum absolute atomic E-state index is 0.0890. The molecule has 4 heterocycles. The van der Waals surface area contributed by atoms with E-state index in [-0.39, 0.29) is 24.1 Å². The van der Waals surface area contributed by atoms with Gasteiger partial charge in [-0.05, 0) is 36.8 Å². The first-order chi connectivity index (χ1) is 18.4. The van der Waals surface area contributed by atoms with Crippen molar-refractivity contribution in [1.29, 1.82) is 0 Å². The third-order valence-corrected chi connectivity index (χ3v) is 6.60. The Bertz CT molecular complexity index is 1470. The van der Waals surface area contributed by atoms with Gasteiger partial charge in [-0.15, -0.1) is 0 Å². The SMILES string of the molecule is Nc1ccc(-c2nc(N3CCOCC3)c3nc(-c4cccc(C(F)CCNS(=O)O)c4F)ccc3n2)cn1. The van der Waals surface area contributed by atoms with Crippen LogP contribution < -0.4 is 15.4 Å². The molecule has 1 aliphatic rings. The van der Waals surface area contributed by atoms with Gasteiger partial charge in [-0.3, -0.25) is 4.55 Å². The first-order valence-electron chi connectivity index (χ1n) is 11.9. The Labute approximate surface area is 219 Å². The first kappa shape index (κ1) is 26.0. The molecule has 198 valence electrons. The Kier molecular flexibility index (Phi) is 7.79. The molecule has 0 aliphatic carbocycles. The van der Waals surface area contributed by atoms with E-state index < -0.39 is 23.3 Å². The van der Waals surface area contributed by atoms with Crippen LogP contribution in [-0.2, 0) is 16.0 Å². The number of benzene rings is 1. The van der Waals surface area contributed by atoms with Crippen LogP contribution in [0.3, 0.4) is 0 Å². The maximum Gasteiger partial charge on any atom is 0.231 e. The van der Waals surface area contributed by atoms with Gasteiger partial charge < -0.3 is 15.4 Å². The van der Waals surface area contributed by atoms with E-state index in [0.717, 1.165) is 0 Å². The largest absolute Gasteiger partial charge is 0.384 e. The molecule has 1 saturated heterocycles. The molecule has 13 heteroatoms. The molecule has 2 atom stereocenters. The van der Waals surface area contributed by atoms with Crippen molar-refractivity contribution >= 4 is 33.9 Å². The van der Waals surface area contributed by atoms with Crippen molar-refractivity contribution in [2.45, 2.75) is 12.6 Å². The lowest BCUT2D eigenvalue weighted by Gasteiger charge is -2.28. The van der Waals surface area contributed by atoms with Gasteiger partial charge in [0, 0.05) is 42.5 Å². The fraction of sp³-hybridized carbons (Fsp3) is 0.280. The highest BCUT2D eigenvalue weighted by Crippen LogP contribution is 2.33. The number of halogens is 2. The minimum atomic E-state index is -2.26. The van der Waals surface area contributed by atoms with Crippen molar-refractivity contribution in [3.63, 3.8) is 0 Å². The number of hydrogen-bond donors (Lipinski definition) is 3. The molecule has 1 aliphatic heterocycles. The Morgan fingerprint density at radius 1 is 1.13 bits per heavy atom. The smallest absolute Gasteiger partial charge is 0.231 e. The van der Waals surface area contributed by atoms with E-state index >= 15 is 4.39 Å². The van der Waals surface area contributed by atoms with Crippen molar-refractivity contribution in [2.24, 2.45) is 0 Å². The fourth-order valence-corrected chi connectivity index (χ4v) is 4.52. The van der Waals surface area contributed by atoms with Gasteiger partial charge >= 0.3 is 0 Å². The molecule has 0 bridgehead atoms. The van der Waals surface area contributed by atoms with E-state index in [1.165, 1.54) is 12.1 Å². The molecule has 0 amide bonds. The molecule has 10 nitrogen and oxygen atoms in total. The molecule has 3 aromatic heterocycles. The zero-order valence-corrected chi connectivity index (χ0v) is 21.0. The molecule has 1 aromatic carbocycles. The number of rotatable bonds is 8. The molecule has 38 heavy (non-hydrogen) atoms. The van der Waals surface area contributed by atoms with E-state index in [1.807, 2.05) is 4.90 Å². The van der Waals surface area contributed by atoms with Crippen LogP contribution >= 0.6 is 0 Å². The standard InChI is InChI=1S/C25H25F2N7O3S/c26-18(8-9-30-38(35)36)16-2-1-3-17(22(16)27)19-5-6-20-23(31-19)25(34-10-12-37-13-11-34)33-24(32-20)15-4-7-21(28)29-14-15/h1-7,14,18,30H,8-13H2,(H2,28,29)(H,35,36). The second-order valence-electron chi connectivity index (χ2n) is 8.61. The topological polar surface area (TPSA) is 139 Å². The number of anilines is 2. The highest BCUT2D eigenvalue weighted by molar-refractivity contribution is 7.77. The predicted octanol–water partition coefficient (Wildman–Crippen LogP) is 3.44. The molecular weight excluding hydrogens is 516 g/mol. The summed E-state index contributed by atoms with van der Waals surface area (Å²) in [4.78, 5) is 20.4. The van der Waals surface area contributed by atoms with Crippen LogP contribution in [0.5, 0.6) is 0 Å². The Hall–Kier alpha value is -3.65. The summed E-state index contributed by atoms with van der Waals surface area (Å²) < 4.78 is 57.5. The van der Waals surface area contributed by atoms with Gasteiger partial charge in [0.1, 0.15) is 23.3 Å². The van der Waals surface area contributed by atoms with Crippen molar-refractivity contribution in [1.82, 2.24) is 24.7 Å². The second-order valence-corrected chi connectivity index (χ2v) is 9.40. The third-order valence-electron chi connectivity index (χ3n) is 6.14. The van der Waals surface area contributed by atoms with Crippen LogP contribution in [0.4, 0.5) is 20.4 Å². The van der Waals surface area contributed by atoms with E-state index in [9.17, 15) is 8.60 Å². The second kappa shape index (κ2) is 11.4. The molecule has 0 radical (unpaired) electrons. The normalized spacial score (nSPS) is 15.5. The first-order valence-corrected chi connectivity index (χ1v) is 13.0. The van der Waals surface area contributed by atoms with Gasteiger partial charge in [0.2, 0.25) is 11.3 Å². The lowest BCUT2D eigenvalue weighted by molar-refractivity contribution is 0.122. The average molecular weight is 542 g/mol. The highest BCUT2D eigenvalue weighted by Gasteiger charge is 2.22. The van der Waals surface area contributed by atoms with E-state index in [2.05, 4.69) is 14.7 Å². The number of alkyl halides is 1. The fourth-order valence-electron chi connectivity index (χ4n) is 4.23. The Morgan fingerprint density at radius 2 is 1.95 bits per heavy atom. The van der Waals surface area contributed by atoms with Gasteiger partial charge in [-0.2, -0.15) is 0 Å². The summed E-state index contributed by atoms with van der Waals surface area (Å²) in [6.45, 7) is 2.15. The average Bonchev–Trinajstić information content (AvgIpc) is 2.93. The van der Waals surface area contributed by atoms with Gasteiger partial charge in [0.05, 0.1) is 24.4 Å². The number of aromatic nitrogens is 4. The summed E-state index contributed by atoms with van der Waals surface area (Å²) in [6, 6.07) is 11.3. The van der Waals surface area contributed by atoms with E-state index in [0.29, 0.717) is 66.1 Å². The summed E-state index contributed by atoms with van der Waals surface area (Å²) in [5, 5.41) is 0. The summed E-state index contributed by atoms with van der Waals surface area (Å²) >= 11 is -2.26. The number of nitrogens with one attached hydrogen (secondary N) is 1. The molecule has 0 spiro atoms. The van der Waals surface area contributed by atoms with Gasteiger partial charge in [-0.25, -0.2) is 37.6 Å². The van der Waals surface area contributed by atoms with Crippen LogP contribution in [-0.4, -0.2) is 61.5 Å². The highest BCUT2D eigenvalue weighted by atomic mass is 32.2. The van der Waals surface area contributed by atoms with E-state index in [4.69, 9.17) is 25.0 Å². The quantitative estimate of drug-likeness (QED) is 0.286. The van der Waals surface area contributed by atoms with Gasteiger partial charge in [-0.1, -0.05) is 12.1 Å². The Balaban J connectivity index is 1.56. The molecule has 4 aromatic rings. The van der Waals surface area contributed by atoms with Crippen molar-refractivity contribution in [3.05, 3.63) is 60.0 Å². The van der Waals surface area contributed by atoms with Gasteiger partial charge in [0.25, 0.3) is 0 Å². The minimum Gasteiger partial charge on any atom is -0.384 e. The number of pyridine rings is 2. The summed E-state index contributed by atoms with van der Waals surface area (Å²) in [6.07, 6.45) is -0.242. The van der Waals surface area contributed by atoms with Crippen LogP contribution in [0.2, 0.25) is 0 Å². The summed E-state index contributed by atoms with van der Waals surface area (Å²) in [5.74, 6) is 0.672. The summed E-state index contributed by atoms with van der Waals surface area (Å²) in [7, 11) is 0. The van der Waals surface area contributed by atoms with Crippen molar-refractivity contribution < 1.29 is 22.3 Å². The zero-order chi connectivity index (χ0) is 26.6. The Morgan fingerprint density at radius 3 is 2.68 bits per heavy atom. The zero-order valence-electron chi connectivity index (χ0n) is 20.2. The molecule has 5 rings (SSSR count). The molecule has 0 saturated carbocycles. The van der Waals surface area contributed by atoms with Crippen LogP contribution in [0.25, 0.3) is 33.7 Å². The maximum absolute atomic E-state index is 15.5. The molecule has 2 unspecified atom stereocenters. The van der Waals surface area contributed by atoms with Crippen molar-refractivity contribution in [3.8, 4) is 22.6 Å². The number of fused-ring (bicyclic) bond motifs is 1. The summed E-state index contributed by atoms with van der Waals surface area (Å²) in [5.41, 5.74) is 7.74. The number of nitrogens with zero attached hydrogens (tertiary/aromatic N) is 5. The number of ether oxygens (including phenoxy) is 1.